The van der Waals surface area contributed by atoms with E-state index in [-0.39, 0.29) is 18.1 Å². The van der Waals surface area contributed by atoms with E-state index in [1.165, 1.54) is 16.7 Å². The number of nitrogens with zero attached hydrogens (tertiary/aromatic N) is 1. The van der Waals surface area contributed by atoms with Gasteiger partial charge in [0.15, 0.2) is 0 Å². The molecule has 0 spiro atoms. The highest BCUT2D eigenvalue weighted by molar-refractivity contribution is 5.78. The maximum absolute atomic E-state index is 12.2. The summed E-state index contributed by atoms with van der Waals surface area (Å²) < 4.78 is 5.38. The van der Waals surface area contributed by atoms with Crippen molar-refractivity contribution >= 4 is 5.97 Å². The summed E-state index contributed by atoms with van der Waals surface area (Å²) in [5, 5.41) is 0. The van der Waals surface area contributed by atoms with Crippen molar-refractivity contribution in [2.45, 2.75) is 38.0 Å². The van der Waals surface area contributed by atoms with Crippen LogP contribution in [0.25, 0.3) is 0 Å². The molecule has 23 heavy (non-hydrogen) atoms. The van der Waals surface area contributed by atoms with Gasteiger partial charge in [0, 0.05) is 25.4 Å². The van der Waals surface area contributed by atoms with Gasteiger partial charge in [0.25, 0.3) is 0 Å². The lowest BCUT2D eigenvalue weighted by Gasteiger charge is -2.37. The second-order valence-corrected chi connectivity index (χ2v) is 6.59. The molecule has 0 unspecified atom stereocenters. The van der Waals surface area contributed by atoms with Crippen molar-refractivity contribution in [3.63, 3.8) is 0 Å². The van der Waals surface area contributed by atoms with E-state index in [0.717, 1.165) is 19.5 Å². The van der Waals surface area contributed by atoms with Gasteiger partial charge in [0.05, 0.1) is 0 Å². The number of hydrogen-bond donors (Lipinski definition) is 0. The Hall–Kier alpha value is -2.13. The van der Waals surface area contributed by atoms with Crippen LogP contribution in [-0.4, -0.2) is 29.6 Å². The molecule has 0 radical (unpaired) electrons. The molecular weight excluding hydrogens is 286 g/mol. The highest BCUT2D eigenvalue weighted by atomic mass is 16.6. The Bertz CT molecular complexity index is 713. The molecule has 0 aromatic heterocycles. The molecular formula is C20H21NO2. The fourth-order valence-corrected chi connectivity index (χ4v) is 3.88. The molecule has 1 fully saturated rings. The highest BCUT2D eigenvalue weighted by Gasteiger charge is 2.39. The molecule has 1 saturated heterocycles. The minimum absolute atomic E-state index is 0.0276. The predicted molar refractivity (Wildman–Crippen MR) is 89.1 cm³/mol. The molecule has 0 saturated carbocycles. The van der Waals surface area contributed by atoms with Crippen LogP contribution in [0.1, 0.15) is 36.0 Å². The normalized spacial score (nSPS) is 27.5. The number of rotatable bonds is 2. The van der Waals surface area contributed by atoms with Crippen LogP contribution in [0.3, 0.4) is 0 Å². The van der Waals surface area contributed by atoms with E-state index < -0.39 is 0 Å². The molecule has 0 aliphatic carbocycles. The monoisotopic (exact) mass is 307 g/mol. The number of cyclic esters (lactones) is 1. The summed E-state index contributed by atoms with van der Waals surface area (Å²) in [4.78, 5) is 14.5. The zero-order valence-electron chi connectivity index (χ0n) is 13.3. The first-order chi connectivity index (χ1) is 11.2. The van der Waals surface area contributed by atoms with Crippen LogP contribution in [0.4, 0.5) is 0 Å². The van der Waals surface area contributed by atoms with Gasteiger partial charge in [-0.3, -0.25) is 9.69 Å². The van der Waals surface area contributed by atoms with Crippen LogP contribution >= 0.6 is 0 Å². The Morgan fingerprint density at radius 3 is 2.52 bits per heavy atom. The molecule has 0 N–H and O–H groups in total. The molecule has 3 heteroatoms. The summed E-state index contributed by atoms with van der Waals surface area (Å²) in [6.45, 7) is 3.67. The number of ether oxygens (including phenoxy) is 1. The van der Waals surface area contributed by atoms with Crippen LogP contribution < -0.4 is 0 Å². The van der Waals surface area contributed by atoms with Gasteiger partial charge in [0.2, 0.25) is 0 Å². The van der Waals surface area contributed by atoms with Gasteiger partial charge in [-0.2, -0.15) is 0 Å². The first-order valence-electron chi connectivity index (χ1n) is 8.29. The van der Waals surface area contributed by atoms with Gasteiger partial charge >= 0.3 is 5.97 Å². The maximum atomic E-state index is 12.2. The molecule has 3 atom stereocenters. The van der Waals surface area contributed by atoms with Gasteiger partial charge in [-0.05, 0) is 23.6 Å². The molecule has 2 aromatic rings. The van der Waals surface area contributed by atoms with Crippen molar-refractivity contribution in [2.24, 2.45) is 0 Å². The predicted octanol–water partition coefficient (Wildman–Crippen LogP) is 3.34. The van der Waals surface area contributed by atoms with Crippen LogP contribution in [0.5, 0.6) is 0 Å². The van der Waals surface area contributed by atoms with E-state index in [4.69, 9.17) is 4.74 Å². The minimum Gasteiger partial charge on any atom is -0.461 e. The lowest BCUT2D eigenvalue weighted by Crippen LogP contribution is -2.43. The molecule has 3 nitrogen and oxygen atoms in total. The molecule has 2 aliphatic heterocycles. The number of carbonyl (C=O) groups excluding carboxylic acids is 1. The third-order valence-electron chi connectivity index (χ3n) is 5.01. The SMILES string of the molecule is C[C@@H]1C[C@H](N2Cc3ccccc3[C@H](c3ccccc3)C2)C(=O)O1. The molecule has 118 valence electrons. The highest BCUT2D eigenvalue weighted by Crippen LogP contribution is 2.36. The van der Waals surface area contributed by atoms with Gasteiger partial charge in [-0.15, -0.1) is 0 Å². The van der Waals surface area contributed by atoms with Crippen LogP contribution in [-0.2, 0) is 16.1 Å². The maximum Gasteiger partial charge on any atom is 0.323 e. The Morgan fingerprint density at radius 1 is 1.04 bits per heavy atom. The Morgan fingerprint density at radius 2 is 1.78 bits per heavy atom. The zero-order chi connectivity index (χ0) is 15.8. The summed E-state index contributed by atoms with van der Waals surface area (Å²) in [6, 6.07) is 19.1. The lowest BCUT2D eigenvalue weighted by atomic mass is 9.84. The van der Waals surface area contributed by atoms with Crippen LogP contribution in [0, 0.1) is 0 Å². The number of esters is 1. The minimum atomic E-state index is -0.107. The topological polar surface area (TPSA) is 29.5 Å². The number of benzene rings is 2. The number of carbonyl (C=O) groups is 1. The smallest absolute Gasteiger partial charge is 0.323 e. The van der Waals surface area contributed by atoms with Crippen LogP contribution in [0.15, 0.2) is 54.6 Å². The molecule has 2 aliphatic rings. The van der Waals surface area contributed by atoms with Crippen molar-refractivity contribution in [1.29, 1.82) is 0 Å². The van der Waals surface area contributed by atoms with E-state index in [2.05, 4.69) is 53.4 Å². The number of fused-ring (bicyclic) bond motifs is 1. The standard InChI is InChI=1S/C20H21NO2/c1-14-11-19(20(22)23-14)21-12-16-9-5-6-10-17(16)18(13-21)15-7-3-2-4-8-15/h2-10,14,18-19H,11-13H2,1H3/t14-,18+,19+/m1/s1. The Labute approximate surface area is 136 Å². The van der Waals surface area contributed by atoms with Gasteiger partial charge in [-0.1, -0.05) is 54.6 Å². The summed E-state index contributed by atoms with van der Waals surface area (Å²) >= 11 is 0. The average Bonchev–Trinajstić information content (AvgIpc) is 2.93. The molecule has 0 amide bonds. The third-order valence-corrected chi connectivity index (χ3v) is 5.01. The molecule has 2 heterocycles. The molecule has 2 aromatic carbocycles. The summed E-state index contributed by atoms with van der Waals surface area (Å²) in [7, 11) is 0. The van der Waals surface area contributed by atoms with E-state index in [1.54, 1.807) is 0 Å². The summed E-state index contributed by atoms with van der Waals surface area (Å²) in [6.07, 6.45) is 0.822. The van der Waals surface area contributed by atoms with Gasteiger partial charge in [0.1, 0.15) is 12.1 Å². The van der Waals surface area contributed by atoms with E-state index >= 15 is 0 Å². The van der Waals surface area contributed by atoms with Gasteiger partial charge < -0.3 is 4.74 Å². The second-order valence-electron chi connectivity index (χ2n) is 6.59. The number of hydrogen-bond acceptors (Lipinski definition) is 3. The summed E-state index contributed by atoms with van der Waals surface area (Å²) in [5.74, 6) is 0.244. The Kier molecular flexibility index (Phi) is 3.66. The first kappa shape index (κ1) is 14.5. The quantitative estimate of drug-likeness (QED) is 0.797. The van der Waals surface area contributed by atoms with Crippen molar-refractivity contribution in [3.8, 4) is 0 Å². The first-order valence-corrected chi connectivity index (χ1v) is 8.29. The van der Waals surface area contributed by atoms with E-state index in [1.807, 2.05) is 13.0 Å². The average molecular weight is 307 g/mol. The van der Waals surface area contributed by atoms with Gasteiger partial charge in [-0.25, -0.2) is 0 Å². The van der Waals surface area contributed by atoms with Crippen LogP contribution in [0.2, 0.25) is 0 Å². The molecule has 4 rings (SSSR count). The third kappa shape index (κ3) is 2.66. The fraction of sp³-hybridized carbons (Fsp3) is 0.350. The van der Waals surface area contributed by atoms with Crippen molar-refractivity contribution in [3.05, 3.63) is 71.3 Å². The lowest BCUT2D eigenvalue weighted by molar-refractivity contribution is -0.145. The molecule has 0 bridgehead atoms. The largest absolute Gasteiger partial charge is 0.461 e. The van der Waals surface area contributed by atoms with Crippen molar-refractivity contribution in [1.82, 2.24) is 4.90 Å². The fourth-order valence-electron chi connectivity index (χ4n) is 3.88. The second kappa shape index (κ2) is 5.82. The zero-order valence-corrected chi connectivity index (χ0v) is 13.3. The Balaban J connectivity index is 1.70. The summed E-state index contributed by atoms with van der Waals surface area (Å²) in [5.41, 5.74) is 4.01. The van der Waals surface area contributed by atoms with Crippen molar-refractivity contribution in [2.75, 3.05) is 6.54 Å². The van der Waals surface area contributed by atoms with E-state index in [0.29, 0.717) is 5.92 Å². The van der Waals surface area contributed by atoms with Crippen molar-refractivity contribution < 1.29 is 9.53 Å². The van der Waals surface area contributed by atoms with E-state index in [9.17, 15) is 4.79 Å².